The zero-order valence-electron chi connectivity index (χ0n) is 8.23. The van der Waals surface area contributed by atoms with E-state index in [-0.39, 0.29) is 16.9 Å². The van der Waals surface area contributed by atoms with Crippen LogP contribution >= 0.6 is 31.9 Å². The number of aromatic hydroxyl groups is 2. The van der Waals surface area contributed by atoms with Gasteiger partial charge in [-0.1, -0.05) is 20.8 Å². The van der Waals surface area contributed by atoms with E-state index in [9.17, 15) is 10.2 Å². The fourth-order valence-corrected chi connectivity index (χ4v) is 2.60. The van der Waals surface area contributed by atoms with Gasteiger partial charge in [0, 0.05) is 14.5 Å². The second-order valence-electron chi connectivity index (χ2n) is 4.17. The van der Waals surface area contributed by atoms with Crippen LogP contribution in [0.2, 0.25) is 0 Å². The zero-order chi connectivity index (χ0) is 11.1. The molecule has 0 aliphatic heterocycles. The van der Waals surface area contributed by atoms with Gasteiger partial charge in [0.05, 0.1) is 0 Å². The van der Waals surface area contributed by atoms with Gasteiger partial charge in [0.15, 0.2) is 11.5 Å². The first kappa shape index (κ1) is 11.9. The van der Waals surface area contributed by atoms with Gasteiger partial charge in [0.1, 0.15) is 0 Å². The minimum absolute atomic E-state index is 0.0624. The molecule has 14 heavy (non-hydrogen) atoms. The number of hydrogen-bond acceptors (Lipinski definition) is 2. The van der Waals surface area contributed by atoms with Crippen molar-refractivity contribution in [2.24, 2.45) is 0 Å². The van der Waals surface area contributed by atoms with Gasteiger partial charge in [-0.05, 0) is 43.3 Å². The van der Waals surface area contributed by atoms with Crippen LogP contribution in [0.25, 0.3) is 0 Å². The minimum Gasteiger partial charge on any atom is -0.504 e. The first-order valence-corrected chi connectivity index (χ1v) is 5.74. The van der Waals surface area contributed by atoms with Gasteiger partial charge >= 0.3 is 0 Å². The molecule has 2 N–H and O–H groups in total. The first-order chi connectivity index (χ1) is 6.25. The highest BCUT2D eigenvalue weighted by molar-refractivity contribution is 9.13. The zero-order valence-corrected chi connectivity index (χ0v) is 11.4. The lowest BCUT2D eigenvalue weighted by molar-refractivity contribution is 0.387. The highest BCUT2D eigenvalue weighted by Crippen LogP contribution is 2.45. The van der Waals surface area contributed by atoms with Crippen LogP contribution in [0.1, 0.15) is 26.3 Å². The Morgan fingerprint density at radius 1 is 1.14 bits per heavy atom. The number of benzene rings is 1. The predicted molar refractivity (Wildman–Crippen MR) is 63.9 cm³/mol. The highest BCUT2D eigenvalue weighted by Gasteiger charge is 2.25. The summed E-state index contributed by atoms with van der Waals surface area (Å²) in [6.07, 6.45) is 0. The van der Waals surface area contributed by atoms with E-state index in [0.717, 1.165) is 8.95 Å². The van der Waals surface area contributed by atoms with Crippen molar-refractivity contribution < 1.29 is 10.2 Å². The summed E-state index contributed by atoms with van der Waals surface area (Å²) in [4.78, 5) is 0. The Morgan fingerprint density at radius 2 is 1.64 bits per heavy atom. The summed E-state index contributed by atoms with van der Waals surface area (Å²) < 4.78 is 1.51. The molecule has 0 fully saturated rings. The Labute approximate surface area is 100 Å². The third-order valence-electron chi connectivity index (χ3n) is 1.92. The fourth-order valence-electron chi connectivity index (χ4n) is 1.29. The van der Waals surface area contributed by atoms with Gasteiger partial charge in [-0.25, -0.2) is 0 Å². The molecule has 0 unspecified atom stereocenters. The van der Waals surface area contributed by atoms with Crippen LogP contribution in [0.5, 0.6) is 11.5 Å². The van der Waals surface area contributed by atoms with Crippen molar-refractivity contribution in [1.29, 1.82) is 0 Å². The molecule has 78 valence electrons. The molecule has 1 aromatic rings. The van der Waals surface area contributed by atoms with Crippen molar-refractivity contribution in [3.05, 3.63) is 20.6 Å². The van der Waals surface area contributed by atoms with Crippen LogP contribution in [-0.4, -0.2) is 10.2 Å². The SMILES string of the molecule is CC(C)(C)c1c(O)c(O)cc(Br)c1Br. The number of rotatable bonds is 0. The van der Waals surface area contributed by atoms with Crippen molar-refractivity contribution in [2.75, 3.05) is 0 Å². The standard InChI is InChI=1S/C10H12Br2O2/c1-10(2,3)7-8(12)5(11)4-6(13)9(7)14/h4,13-14H,1-3H3. The van der Waals surface area contributed by atoms with Crippen LogP contribution in [0.3, 0.4) is 0 Å². The largest absolute Gasteiger partial charge is 0.504 e. The number of phenols is 2. The second-order valence-corrected chi connectivity index (χ2v) is 5.81. The lowest BCUT2D eigenvalue weighted by Crippen LogP contribution is -2.12. The quantitative estimate of drug-likeness (QED) is 0.710. The third kappa shape index (κ3) is 2.06. The minimum atomic E-state index is -0.232. The Morgan fingerprint density at radius 3 is 2.07 bits per heavy atom. The maximum absolute atomic E-state index is 9.74. The van der Waals surface area contributed by atoms with Gasteiger partial charge in [-0.2, -0.15) is 0 Å². The summed E-state index contributed by atoms with van der Waals surface area (Å²) in [6, 6.07) is 1.47. The summed E-state index contributed by atoms with van der Waals surface area (Å²) in [5.41, 5.74) is 0.467. The van der Waals surface area contributed by atoms with E-state index >= 15 is 0 Å². The Bertz CT molecular complexity index is 341. The number of phenolic OH excluding ortho intramolecular Hbond substituents is 2. The second kappa shape index (κ2) is 3.74. The van der Waals surface area contributed by atoms with Crippen molar-refractivity contribution in [2.45, 2.75) is 26.2 Å². The van der Waals surface area contributed by atoms with E-state index in [2.05, 4.69) is 31.9 Å². The van der Waals surface area contributed by atoms with Crippen molar-refractivity contribution in [3.8, 4) is 11.5 Å². The van der Waals surface area contributed by atoms with E-state index in [1.165, 1.54) is 6.07 Å². The molecule has 4 heteroatoms. The van der Waals surface area contributed by atoms with Gasteiger partial charge < -0.3 is 10.2 Å². The number of hydrogen-bond donors (Lipinski definition) is 2. The maximum Gasteiger partial charge on any atom is 0.162 e. The maximum atomic E-state index is 9.74. The molecule has 1 aromatic carbocycles. The monoisotopic (exact) mass is 322 g/mol. The van der Waals surface area contributed by atoms with E-state index in [4.69, 9.17) is 0 Å². The molecule has 0 atom stereocenters. The molecule has 0 amide bonds. The molecule has 0 aliphatic rings. The molecule has 0 aromatic heterocycles. The van der Waals surface area contributed by atoms with Gasteiger partial charge in [0.2, 0.25) is 0 Å². The smallest absolute Gasteiger partial charge is 0.162 e. The van der Waals surface area contributed by atoms with E-state index in [1.54, 1.807) is 0 Å². The molecule has 0 heterocycles. The fraction of sp³-hybridized carbons (Fsp3) is 0.400. The van der Waals surface area contributed by atoms with Gasteiger partial charge in [-0.15, -0.1) is 0 Å². The summed E-state index contributed by atoms with van der Waals surface area (Å²) in [5, 5.41) is 19.2. The molecular formula is C10H12Br2O2. The Hall–Kier alpha value is -0.220. The van der Waals surface area contributed by atoms with E-state index < -0.39 is 0 Å². The third-order valence-corrected chi connectivity index (χ3v) is 3.90. The summed E-state index contributed by atoms with van der Waals surface area (Å²) in [6.45, 7) is 5.91. The van der Waals surface area contributed by atoms with Gasteiger partial charge in [-0.3, -0.25) is 0 Å². The summed E-state index contributed by atoms with van der Waals surface area (Å²) >= 11 is 6.69. The molecular weight excluding hydrogens is 312 g/mol. The van der Waals surface area contributed by atoms with Gasteiger partial charge in [0.25, 0.3) is 0 Å². The van der Waals surface area contributed by atoms with Crippen LogP contribution in [0.15, 0.2) is 15.0 Å². The van der Waals surface area contributed by atoms with Crippen LogP contribution < -0.4 is 0 Å². The molecule has 0 radical (unpaired) electrons. The average molecular weight is 324 g/mol. The number of halogens is 2. The molecule has 2 nitrogen and oxygen atoms in total. The topological polar surface area (TPSA) is 40.5 Å². The average Bonchev–Trinajstić information content (AvgIpc) is 1.98. The normalized spacial score (nSPS) is 11.8. The van der Waals surface area contributed by atoms with E-state index in [1.807, 2.05) is 20.8 Å². The van der Waals surface area contributed by atoms with Crippen molar-refractivity contribution in [1.82, 2.24) is 0 Å². The molecule has 0 spiro atoms. The highest BCUT2D eigenvalue weighted by atomic mass is 79.9. The van der Waals surface area contributed by atoms with Crippen LogP contribution in [-0.2, 0) is 5.41 Å². The molecule has 0 aliphatic carbocycles. The van der Waals surface area contributed by atoms with Crippen LogP contribution in [0, 0.1) is 0 Å². The molecule has 0 saturated carbocycles. The van der Waals surface area contributed by atoms with Crippen LogP contribution in [0.4, 0.5) is 0 Å². The molecule has 1 rings (SSSR count). The van der Waals surface area contributed by atoms with Crippen molar-refractivity contribution in [3.63, 3.8) is 0 Å². The van der Waals surface area contributed by atoms with Crippen molar-refractivity contribution >= 4 is 31.9 Å². The summed E-state index contributed by atoms with van der Waals surface area (Å²) in [7, 11) is 0. The lowest BCUT2D eigenvalue weighted by Gasteiger charge is -2.23. The first-order valence-electron chi connectivity index (χ1n) is 4.15. The molecule has 0 bridgehead atoms. The Balaban J connectivity index is 3.56. The molecule has 0 saturated heterocycles. The summed E-state index contributed by atoms with van der Waals surface area (Å²) in [5.74, 6) is -0.169. The predicted octanol–water partition coefficient (Wildman–Crippen LogP) is 3.92. The van der Waals surface area contributed by atoms with E-state index in [0.29, 0.717) is 5.56 Å². The lowest BCUT2D eigenvalue weighted by atomic mass is 9.86. The Kier molecular flexibility index (Phi) is 3.17.